The van der Waals surface area contributed by atoms with E-state index in [-0.39, 0.29) is 5.56 Å². The number of benzene rings is 2. The normalized spacial score (nSPS) is 11.2. The molecule has 0 radical (unpaired) electrons. The molecular weight excluding hydrogens is 348 g/mol. The molecule has 3 amide bonds. The molecule has 0 aliphatic rings. The molecule has 2 rings (SSSR count). The van der Waals surface area contributed by atoms with Gasteiger partial charge in [-0.3, -0.25) is 10.1 Å². The van der Waals surface area contributed by atoms with Crippen molar-refractivity contribution in [2.45, 2.75) is 20.0 Å². The molecule has 0 aliphatic heterocycles. The summed E-state index contributed by atoms with van der Waals surface area (Å²) >= 11 is 0. The maximum atomic E-state index is 12.5. The number of imide groups is 1. The molecule has 0 saturated heterocycles. The smallest absolute Gasteiger partial charge is 0.339 e. The molecule has 2 aromatic carbocycles. The summed E-state index contributed by atoms with van der Waals surface area (Å²) in [6.07, 6.45) is -1.26. The number of hydrogen-bond acceptors (Lipinski definition) is 5. The highest BCUT2D eigenvalue weighted by molar-refractivity contribution is 5.99. The van der Waals surface area contributed by atoms with Gasteiger partial charge in [0.2, 0.25) is 6.10 Å². The molecule has 0 bridgehead atoms. The van der Waals surface area contributed by atoms with E-state index in [0.717, 1.165) is 0 Å². The zero-order valence-electron chi connectivity index (χ0n) is 15.2. The third kappa shape index (κ3) is 5.85. The third-order valence-corrected chi connectivity index (χ3v) is 3.54. The van der Waals surface area contributed by atoms with Gasteiger partial charge in [-0.2, -0.15) is 0 Å². The molecule has 7 nitrogen and oxygen atoms in total. The quantitative estimate of drug-likeness (QED) is 0.731. The topological polar surface area (TPSA) is 93.7 Å². The van der Waals surface area contributed by atoms with Crippen LogP contribution in [0.25, 0.3) is 0 Å². The number of carbonyl (C=O) groups excluding carboxylic acids is 3. The minimum absolute atomic E-state index is 0.269. The van der Waals surface area contributed by atoms with Crippen molar-refractivity contribution in [1.29, 1.82) is 0 Å². The first-order valence-corrected chi connectivity index (χ1v) is 8.62. The van der Waals surface area contributed by atoms with E-state index in [1.165, 1.54) is 0 Å². The molecular formula is C20H22N2O5. The fourth-order valence-electron chi connectivity index (χ4n) is 2.31. The van der Waals surface area contributed by atoms with Gasteiger partial charge in [0, 0.05) is 12.1 Å². The van der Waals surface area contributed by atoms with Crippen LogP contribution >= 0.6 is 0 Å². The molecule has 27 heavy (non-hydrogen) atoms. The molecule has 2 N–H and O–H groups in total. The number of nitrogens with one attached hydrogen (secondary N) is 2. The van der Waals surface area contributed by atoms with E-state index in [4.69, 9.17) is 9.47 Å². The summed E-state index contributed by atoms with van der Waals surface area (Å²) in [7, 11) is 0. The van der Waals surface area contributed by atoms with Gasteiger partial charge in [0.15, 0.2) is 0 Å². The van der Waals surface area contributed by atoms with Crippen molar-refractivity contribution in [3.05, 3.63) is 65.7 Å². The number of esters is 1. The first-order valence-electron chi connectivity index (χ1n) is 8.62. The Morgan fingerprint density at radius 1 is 0.963 bits per heavy atom. The monoisotopic (exact) mass is 370 g/mol. The minimum atomic E-state index is -1.26. The number of carbonyl (C=O) groups is 3. The zero-order chi connectivity index (χ0) is 19.6. The molecule has 0 aromatic heterocycles. The lowest BCUT2D eigenvalue weighted by molar-refractivity contribution is -0.129. The van der Waals surface area contributed by atoms with Crippen molar-refractivity contribution in [2.24, 2.45) is 0 Å². The van der Waals surface area contributed by atoms with E-state index in [0.29, 0.717) is 24.5 Å². The molecule has 0 unspecified atom stereocenters. The number of ether oxygens (including phenoxy) is 2. The first kappa shape index (κ1) is 20.0. The zero-order valence-corrected chi connectivity index (χ0v) is 15.2. The van der Waals surface area contributed by atoms with Crippen LogP contribution in [0.3, 0.4) is 0 Å². The Morgan fingerprint density at radius 2 is 1.63 bits per heavy atom. The summed E-state index contributed by atoms with van der Waals surface area (Å²) in [5, 5.41) is 4.64. The van der Waals surface area contributed by atoms with Crippen LogP contribution in [0.1, 0.15) is 35.9 Å². The van der Waals surface area contributed by atoms with Gasteiger partial charge >= 0.3 is 12.0 Å². The molecule has 0 heterocycles. The predicted molar refractivity (Wildman–Crippen MR) is 99.4 cm³/mol. The molecule has 2 aromatic rings. The minimum Gasteiger partial charge on any atom is -0.494 e. The maximum absolute atomic E-state index is 12.5. The van der Waals surface area contributed by atoms with Crippen LogP contribution in [0.2, 0.25) is 0 Å². The van der Waals surface area contributed by atoms with Crippen LogP contribution in [-0.4, -0.2) is 31.1 Å². The van der Waals surface area contributed by atoms with Gasteiger partial charge in [-0.25, -0.2) is 9.59 Å². The number of hydrogen-bond donors (Lipinski definition) is 2. The van der Waals surface area contributed by atoms with Crippen molar-refractivity contribution < 1.29 is 23.9 Å². The Bertz CT molecular complexity index is 775. The average Bonchev–Trinajstić information content (AvgIpc) is 2.67. The number of amides is 3. The van der Waals surface area contributed by atoms with Crippen LogP contribution in [0.4, 0.5) is 4.79 Å². The fourth-order valence-corrected chi connectivity index (χ4v) is 2.31. The SMILES string of the molecule is CCNC(=O)NC(=O)[C@H](OC(=O)c1ccc(OCC)cc1)c1ccccc1. The van der Waals surface area contributed by atoms with Crippen molar-refractivity contribution >= 4 is 17.9 Å². The standard InChI is InChI=1S/C20H22N2O5/c1-3-21-20(25)22-18(23)17(14-8-6-5-7-9-14)27-19(24)15-10-12-16(13-11-15)26-4-2/h5-13,17H,3-4H2,1-2H3,(H2,21,22,23,25)/t17-/m1/s1. The summed E-state index contributed by atoms with van der Waals surface area (Å²) in [5.41, 5.74) is 0.726. The van der Waals surface area contributed by atoms with Gasteiger partial charge in [-0.15, -0.1) is 0 Å². The maximum Gasteiger partial charge on any atom is 0.339 e. The second-order valence-corrected chi connectivity index (χ2v) is 5.50. The second-order valence-electron chi connectivity index (χ2n) is 5.50. The lowest BCUT2D eigenvalue weighted by Gasteiger charge is -2.18. The molecule has 0 saturated carbocycles. The highest BCUT2D eigenvalue weighted by Crippen LogP contribution is 2.21. The first-order chi connectivity index (χ1) is 13.0. The summed E-state index contributed by atoms with van der Waals surface area (Å²) in [5.74, 6) is -0.785. The lowest BCUT2D eigenvalue weighted by atomic mass is 10.1. The number of urea groups is 1. The Kier molecular flexibility index (Phi) is 7.37. The Hall–Kier alpha value is -3.35. The number of rotatable bonds is 7. The van der Waals surface area contributed by atoms with E-state index < -0.39 is 24.0 Å². The average molecular weight is 370 g/mol. The molecule has 0 aliphatic carbocycles. The largest absolute Gasteiger partial charge is 0.494 e. The van der Waals surface area contributed by atoms with E-state index >= 15 is 0 Å². The molecule has 0 spiro atoms. The summed E-state index contributed by atoms with van der Waals surface area (Å²) in [4.78, 5) is 36.6. The third-order valence-electron chi connectivity index (χ3n) is 3.54. The second kappa shape index (κ2) is 9.96. The lowest BCUT2D eigenvalue weighted by Crippen LogP contribution is -2.42. The van der Waals surface area contributed by atoms with Gasteiger partial charge in [0.05, 0.1) is 12.2 Å². The van der Waals surface area contributed by atoms with Crippen LogP contribution in [0.5, 0.6) is 5.75 Å². The highest BCUT2D eigenvalue weighted by atomic mass is 16.5. The summed E-state index contributed by atoms with van der Waals surface area (Å²) < 4.78 is 10.7. The summed E-state index contributed by atoms with van der Waals surface area (Å²) in [6.45, 7) is 4.46. The van der Waals surface area contributed by atoms with Gasteiger partial charge in [0.1, 0.15) is 5.75 Å². The van der Waals surface area contributed by atoms with Gasteiger partial charge < -0.3 is 14.8 Å². The van der Waals surface area contributed by atoms with Crippen LogP contribution in [-0.2, 0) is 9.53 Å². The van der Waals surface area contributed by atoms with E-state index in [9.17, 15) is 14.4 Å². The Morgan fingerprint density at radius 3 is 2.22 bits per heavy atom. The molecule has 0 fully saturated rings. The summed E-state index contributed by atoms with van der Waals surface area (Å²) in [6, 6.07) is 14.2. The van der Waals surface area contributed by atoms with Gasteiger partial charge in [-0.05, 0) is 38.1 Å². The Labute approximate surface area is 157 Å². The van der Waals surface area contributed by atoms with Crippen molar-refractivity contribution in [3.8, 4) is 5.75 Å². The van der Waals surface area contributed by atoms with Gasteiger partial charge in [-0.1, -0.05) is 30.3 Å². The van der Waals surface area contributed by atoms with Gasteiger partial charge in [0.25, 0.3) is 5.91 Å². The molecule has 7 heteroatoms. The van der Waals surface area contributed by atoms with Crippen LogP contribution in [0, 0.1) is 0 Å². The van der Waals surface area contributed by atoms with Crippen LogP contribution < -0.4 is 15.4 Å². The van der Waals surface area contributed by atoms with Crippen molar-refractivity contribution in [2.75, 3.05) is 13.2 Å². The Balaban J connectivity index is 2.17. The van der Waals surface area contributed by atoms with E-state index in [1.54, 1.807) is 61.5 Å². The predicted octanol–water partition coefficient (Wildman–Crippen LogP) is 2.83. The highest BCUT2D eigenvalue weighted by Gasteiger charge is 2.27. The van der Waals surface area contributed by atoms with E-state index in [2.05, 4.69) is 10.6 Å². The molecule has 142 valence electrons. The van der Waals surface area contributed by atoms with Crippen molar-refractivity contribution in [1.82, 2.24) is 10.6 Å². The van der Waals surface area contributed by atoms with E-state index in [1.807, 2.05) is 6.92 Å². The molecule has 1 atom stereocenters. The van der Waals surface area contributed by atoms with Crippen molar-refractivity contribution in [3.63, 3.8) is 0 Å². The fraction of sp³-hybridized carbons (Fsp3) is 0.250. The van der Waals surface area contributed by atoms with Crippen LogP contribution in [0.15, 0.2) is 54.6 Å².